The maximum atomic E-state index is 12.9. The van der Waals surface area contributed by atoms with Gasteiger partial charge in [0.05, 0.1) is 6.61 Å². The van der Waals surface area contributed by atoms with Gasteiger partial charge in [-0.2, -0.15) is 18.7 Å². The molecular formula is C18H21F3N2O4. The van der Waals surface area contributed by atoms with Gasteiger partial charge in [0.1, 0.15) is 12.6 Å². The molecule has 0 aromatic heterocycles. The van der Waals surface area contributed by atoms with Crippen molar-refractivity contribution >= 4 is 11.9 Å². The molecule has 0 bridgehead atoms. The van der Waals surface area contributed by atoms with E-state index in [0.29, 0.717) is 16.9 Å². The van der Waals surface area contributed by atoms with Crippen LogP contribution < -0.4 is 5.48 Å². The largest absolute Gasteiger partial charge is 0.471 e. The molecule has 2 rings (SSSR count). The molecule has 1 aliphatic rings. The summed E-state index contributed by atoms with van der Waals surface area (Å²) in [6, 6.07) is 6.92. The van der Waals surface area contributed by atoms with E-state index in [9.17, 15) is 22.8 Å². The molecule has 6 nitrogen and oxygen atoms in total. The van der Waals surface area contributed by atoms with Crippen LogP contribution in [0, 0.1) is 0 Å². The highest BCUT2D eigenvalue weighted by Gasteiger charge is 2.48. The Balaban J connectivity index is 2.04. The third-order valence-corrected chi connectivity index (χ3v) is 4.03. The van der Waals surface area contributed by atoms with E-state index in [-0.39, 0.29) is 26.2 Å². The number of esters is 1. The molecule has 2 atom stereocenters. The highest BCUT2D eigenvalue weighted by molar-refractivity contribution is 5.88. The zero-order valence-corrected chi connectivity index (χ0v) is 14.6. The quantitative estimate of drug-likeness (QED) is 0.337. The SMILES string of the molecule is C=CCONC1CCC(C(=O)OCc2ccccc2)N(C(=O)C(F)(F)F)C1. The van der Waals surface area contributed by atoms with Crippen molar-refractivity contribution < 1.29 is 32.3 Å². The predicted molar refractivity (Wildman–Crippen MR) is 90.1 cm³/mol. The van der Waals surface area contributed by atoms with Gasteiger partial charge in [0.25, 0.3) is 0 Å². The van der Waals surface area contributed by atoms with Gasteiger partial charge in [0, 0.05) is 12.6 Å². The van der Waals surface area contributed by atoms with E-state index < -0.39 is 30.1 Å². The Bertz CT molecular complexity index is 652. The highest BCUT2D eigenvalue weighted by atomic mass is 19.4. The van der Waals surface area contributed by atoms with E-state index in [1.54, 1.807) is 30.3 Å². The van der Waals surface area contributed by atoms with Crippen LogP contribution in [0.15, 0.2) is 43.0 Å². The van der Waals surface area contributed by atoms with Crippen molar-refractivity contribution in [1.82, 2.24) is 10.4 Å². The molecule has 27 heavy (non-hydrogen) atoms. The summed E-state index contributed by atoms with van der Waals surface area (Å²) in [6.45, 7) is 3.23. The van der Waals surface area contributed by atoms with Crippen LogP contribution in [0.25, 0.3) is 0 Å². The molecule has 1 aromatic rings. The first kappa shape index (κ1) is 20.9. The number of amides is 1. The maximum absolute atomic E-state index is 12.9. The number of ether oxygens (including phenoxy) is 1. The fraction of sp³-hybridized carbons (Fsp3) is 0.444. The molecule has 1 aromatic carbocycles. The third kappa shape index (κ3) is 6.07. The smallest absolute Gasteiger partial charge is 0.459 e. The second-order valence-electron chi connectivity index (χ2n) is 6.06. The Morgan fingerprint density at radius 2 is 1.96 bits per heavy atom. The first-order chi connectivity index (χ1) is 12.8. The lowest BCUT2D eigenvalue weighted by molar-refractivity contribution is -0.193. The molecule has 1 heterocycles. The summed E-state index contributed by atoms with van der Waals surface area (Å²) < 4.78 is 44.0. The molecule has 1 amide bonds. The number of hydrogen-bond donors (Lipinski definition) is 1. The summed E-state index contributed by atoms with van der Waals surface area (Å²) in [6.07, 6.45) is -3.23. The normalized spacial score (nSPS) is 20.2. The Labute approximate surface area is 154 Å². The number of carbonyl (C=O) groups excluding carboxylic acids is 2. The van der Waals surface area contributed by atoms with Crippen molar-refractivity contribution in [3.63, 3.8) is 0 Å². The zero-order valence-electron chi connectivity index (χ0n) is 14.6. The van der Waals surface area contributed by atoms with Gasteiger partial charge < -0.3 is 9.64 Å². The Hall–Kier alpha value is -2.39. The topological polar surface area (TPSA) is 67.9 Å². The lowest BCUT2D eigenvalue weighted by atomic mass is 9.98. The van der Waals surface area contributed by atoms with Gasteiger partial charge in [-0.3, -0.25) is 9.63 Å². The van der Waals surface area contributed by atoms with Crippen molar-refractivity contribution in [2.45, 2.75) is 37.7 Å². The van der Waals surface area contributed by atoms with Crippen LogP contribution in [-0.4, -0.2) is 48.2 Å². The predicted octanol–water partition coefficient (Wildman–Crippen LogP) is 2.36. The van der Waals surface area contributed by atoms with Gasteiger partial charge in [-0.25, -0.2) is 4.79 Å². The minimum atomic E-state index is -5.08. The number of hydrogen-bond acceptors (Lipinski definition) is 5. The number of hydroxylamine groups is 1. The van der Waals surface area contributed by atoms with Crippen molar-refractivity contribution in [2.75, 3.05) is 13.2 Å². The molecule has 0 aliphatic carbocycles. The van der Waals surface area contributed by atoms with Crippen molar-refractivity contribution in [3.8, 4) is 0 Å². The maximum Gasteiger partial charge on any atom is 0.471 e. The number of piperidine rings is 1. The Morgan fingerprint density at radius 3 is 2.59 bits per heavy atom. The van der Waals surface area contributed by atoms with Gasteiger partial charge >= 0.3 is 18.1 Å². The molecule has 148 valence electrons. The van der Waals surface area contributed by atoms with Crippen LogP contribution in [-0.2, 0) is 25.8 Å². The molecule has 1 fully saturated rings. The van der Waals surface area contributed by atoms with Crippen LogP contribution in [0.3, 0.4) is 0 Å². The van der Waals surface area contributed by atoms with Crippen LogP contribution in [0.5, 0.6) is 0 Å². The second kappa shape index (κ2) is 9.52. The molecular weight excluding hydrogens is 365 g/mol. The number of benzene rings is 1. The molecule has 0 saturated carbocycles. The van der Waals surface area contributed by atoms with Gasteiger partial charge in [-0.1, -0.05) is 36.4 Å². The van der Waals surface area contributed by atoms with Crippen molar-refractivity contribution in [1.29, 1.82) is 0 Å². The zero-order chi connectivity index (χ0) is 19.9. The Kier molecular flexibility index (Phi) is 7.37. The second-order valence-corrected chi connectivity index (χ2v) is 6.06. The summed E-state index contributed by atoms with van der Waals surface area (Å²) in [4.78, 5) is 29.7. The Morgan fingerprint density at radius 1 is 1.26 bits per heavy atom. The van der Waals surface area contributed by atoms with Crippen molar-refractivity contribution in [3.05, 3.63) is 48.6 Å². The molecule has 9 heteroatoms. The van der Waals surface area contributed by atoms with E-state index >= 15 is 0 Å². The number of alkyl halides is 3. The fourth-order valence-electron chi connectivity index (χ4n) is 2.75. The summed E-state index contributed by atoms with van der Waals surface area (Å²) >= 11 is 0. The number of nitrogens with one attached hydrogen (secondary N) is 1. The van der Waals surface area contributed by atoms with Crippen LogP contribution in [0.2, 0.25) is 0 Å². The monoisotopic (exact) mass is 386 g/mol. The highest BCUT2D eigenvalue weighted by Crippen LogP contribution is 2.26. The first-order valence-corrected chi connectivity index (χ1v) is 8.39. The summed E-state index contributed by atoms with van der Waals surface area (Å²) in [5, 5.41) is 0. The lowest BCUT2D eigenvalue weighted by Crippen LogP contribution is -2.58. The molecule has 0 spiro atoms. The van der Waals surface area contributed by atoms with Crippen LogP contribution in [0.4, 0.5) is 13.2 Å². The van der Waals surface area contributed by atoms with E-state index in [1.807, 2.05) is 0 Å². The first-order valence-electron chi connectivity index (χ1n) is 8.39. The lowest BCUT2D eigenvalue weighted by Gasteiger charge is -2.38. The summed E-state index contributed by atoms with van der Waals surface area (Å²) in [5.41, 5.74) is 3.29. The molecule has 1 saturated heterocycles. The number of rotatable bonds is 7. The van der Waals surface area contributed by atoms with Gasteiger partial charge in [-0.05, 0) is 18.4 Å². The fourth-order valence-corrected chi connectivity index (χ4v) is 2.75. The van der Waals surface area contributed by atoms with Gasteiger partial charge in [-0.15, -0.1) is 6.58 Å². The number of carbonyl (C=O) groups is 2. The average Bonchev–Trinajstić information content (AvgIpc) is 2.65. The standard InChI is InChI=1S/C18H21F3N2O4/c1-2-10-27-22-14-8-9-15(23(11-14)17(25)18(19,20)21)16(24)26-12-13-6-4-3-5-7-13/h2-7,14-15,22H,1,8-12H2. The van der Waals surface area contributed by atoms with Crippen molar-refractivity contribution in [2.24, 2.45) is 0 Å². The molecule has 1 N–H and O–H groups in total. The molecule has 0 radical (unpaired) electrons. The minimum absolute atomic E-state index is 0.0323. The van der Waals surface area contributed by atoms with Gasteiger partial charge in [0.15, 0.2) is 0 Å². The van der Waals surface area contributed by atoms with Crippen LogP contribution >= 0.6 is 0 Å². The summed E-state index contributed by atoms with van der Waals surface area (Å²) in [7, 11) is 0. The number of halogens is 3. The molecule has 1 aliphatic heterocycles. The number of nitrogens with zero attached hydrogens (tertiary/aromatic N) is 1. The van der Waals surface area contributed by atoms with Gasteiger partial charge in [0.2, 0.25) is 0 Å². The van der Waals surface area contributed by atoms with E-state index in [1.165, 1.54) is 6.08 Å². The van der Waals surface area contributed by atoms with Crippen LogP contribution in [0.1, 0.15) is 18.4 Å². The van der Waals surface area contributed by atoms with E-state index in [0.717, 1.165) is 0 Å². The number of likely N-dealkylation sites (tertiary alicyclic amines) is 1. The van der Waals surface area contributed by atoms with E-state index in [4.69, 9.17) is 9.57 Å². The van der Waals surface area contributed by atoms with E-state index in [2.05, 4.69) is 12.1 Å². The summed E-state index contributed by atoms with van der Waals surface area (Å²) in [5.74, 6) is -2.93. The third-order valence-electron chi connectivity index (χ3n) is 4.03. The molecule has 2 unspecified atom stereocenters. The average molecular weight is 386 g/mol. The minimum Gasteiger partial charge on any atom is -0.459 e.